The van der Waals surface area contributed by atoms with Crippen molar-refractivity contribution in [1.29, 1.82) is 0 Å². The summed E-state index contributed by atoms with van der Waals surface area (Å²) < 4.78 is 17.4. The van der Waals surface area contributed by atoms with Crippen molar-refractivity contribution in [2.45, 2.75) is 32.5 Å². The number of rotatable bonds is 8. The van der Waals surface area contributed by atoms with E-state index in [2.05, 4.69) is 15.6 Å². The summed E-state index contributed by atoms with van der Waals surface area (Å²) >= 11 is 0. The fourth-order valence-corrected chi connectivity index (χ4v) is 4.69. The summed E-state index contributed by atoms with van der Waals surface area (Å²) in [5.74, 6) is 1.09. The number of para-hydroxylation sites is 1. The van der Waals surface area contributed by atoms with E-state index in [0.717, 1.165) is 17.1 Å². The quantitative estimate of drug-likeness (QED) is 0.405. The Morgan fingerprint density at radius 3 is 2.74 bits per heavy atom. The van der Waals surface area contributed by atoms with Crippen LogP contribution < -0.4 is 24.8 Å². The van der Waals surface area contributed by atoms with Crippen molar-refractivity contribution in [3.63, 3.8) is 0 Å². The Morgan fingerprint density at radius 2 is 1.95 bits per heavy atom. The fourth-order valence-electron chi connectivity index (χ4n) is 4.69. The summed E-state index contributed by atoms with van der Waals surface area (Å²) in [4.78, 5) is 32.2. The van der Waals surface area contributed by atoms with Crippen molar-refractivity contribution in [2.75, 3.05) is 31.8 Å². The lowest BCUT2D eigenvalue weighted by Gasteiger charge is -2.37. The van der Waals surface area contributed by atoms with E-state index in [9.17, 15) is 14.7 Å². The minimum Gasteiger partial charge on any atom is -0.486 e. The second-order valence-electron chi connectivity index (χ2n) is 9.81. The largest absolute Gasteiger partial charge is 0.486 e. The van der Waals surface area contributed by atoms with E-state index in [4.69, 9.17) is 14.2 Å². The summed E-state index contributed by atoms with van der Waals surface area (Å²) in [5, 5.41) is 16.2. The SMILES string of the molecule is C[C@@H]1CN([C@H](C)CO)C(=O)c2cccc(NC(=O)c3ccncc3)c2O[C@H]1CNCc1ccc2c(c1)OCO2. The lowest BCUT2D eigenvalue weighted by molar-refractivity contribution is 0.0413. The van der Waals surface area contributed by atoms with Crippen molar-refractivity contribution in [2.24, 2.45) is 5.92 Å². The zero-order chi connectivity index (χ0) is 27.4. The standard InChI is InChI=1S/C29H32N4O6/c1-18-15-33(19(2)16-34)29(36)22-4-3-5-23(32-28(35)21-8-10-30-11-9-21)27(22)39-26(18)14-31-13-20-6-7-24-25(12-20)38-17-37-24/h3-12,18-19,26,31,34H,13-17H2,1-2H3,(H,32,35)/t18-,19-,26+/m1/s1. The van der Waals surface area contributed by atoms with Gasteiger partial charge in [0.05, 0.1) is 23.9 Å². The number of aliphatic hydroxyl groups excluding tert-OH is 1. The van der Waals surface area contributed by atoms with Gasteiger partial charge >= 0.3 is 0 Å². The third-order valence-corrected chi connectivity index (χ3v) is 6.99. The highest BCUT2D eigenvalue weighted by Gasteiger charge is 2.34. The lowest BCUT2D eigenvalue weighted by Crippen LogP contribution is -2.49. The molecule has 3 heterocycles. The second-order valence-corrected chi connectivity index (χ2v) is 9.81. The molecule has 3 atom stereocenters. The van der Waals surface area contributed by atoms with Gasteiger partial charge in [-0.3, -0.25) is 14.6 Å². The molecule has 2 aliphatic heterocycles. The van der Waals surface area contributed by atoms with Gasteiger partial charge in [0, 0.05) is 43.5 Å². The van der Waals surface area contributed by atoms with E-state index in [1.54, 1.807) is 47.6 Å². The Balaban J connectivity index is 1.40. The molecule has 3 aromatic rings. The number of hydrogen-bond acceptors (Lipinski definition) is 8. The molecular formula is C29H32N4O6. The fraction of sp³-hybridized carbons (Fsp3) is 0.345. The van der Waals surface area contributed by atoms with Crippen LogP contribution in [0.5, 0.6) is 17.2 Å². The third-order valence-electron chi connectivity index (χ3n) is 6.99. The second kappa shape index (κ2) is 11.7. The molecule has 0 spiro atoms. The first-order valence-corrected chi connectivity index (χ1v) is 13.0. The predicted molar refractivity (Wildman–Crippen MR) is 144 cm³/mol. The van der Waals surface area contributed by atoms with Gasteiger partial charge in [0.25, 0.3) is 11.8 Å². The van der Waals surface area contributed by atoms with Crippen LogP contribution in [0.4, 0.5) is 5.69 Å². The van der Waals surface area contributed by atoms with Gasteiger partial charge in [-0.2, -0.15) is 0 Å². The summed E-state index contributed by atoms with van der Waals surface area (Å²) in [7, 11) is 0. The maximum atomic E-state index is 13.6. The van der Waals surface area contributed by atoms with Crippen molar-refractivity contribution >= 4 is 17.5 Å². The Labute approximate surface area is 226 Å². The number of benzene rings is 2. The van der Waals surface area contributed by atoms with Crippen LogP contribution in [0.3, 0.4) is 0 Å². The van der Waals surface area contributed by atoms with E-state index in [-0.39, 0.29) is 43.3 Å². The average Bonchev–Trinajstić information content (AvgIpc) is 3.43. The van der Waals surface area contributed by atoms with Gasteiger partial charge in [-0.1, -0.05) is 19.1 Å². The van der Waals surface area contributed by atoms with Crippen LogP contribution in [0.15, 0.2) is 60.9 Å². The van der Waals surface area contributed by atoms with Gasteiger partial charge in [0.2, 0.25) is 6.79 Å². The number of aliphatic hydroxyl groups is 1. The molecule has 0 saturated carbocycles. The van der Waals surface area contributed by atoms with Crippen LogP contribution >= 0.6 is 0 Å². The first-order chi connectivity index (χ1) is 18.9. The minimum absolute atomic E-state index is 0.0793. The van der Waals surface area contributed by atoms with E-state index >= 15 is 0 Å². The monoisotopic (exact) mass is 532 g/mol. The summed E-state index contributed by atoms with van der Waals surface area (Å²) in [5.41, 5.74) is 2.20. The number of amides is 2. The number of carbonyl (C=O) groups excluding carboxylic acids is 2. The first kappa shape index (κ1) is 26.5. The zero-order valence-electron chi connectivity index (χ0n) is 21.9. The summed E-state index contributed by atoms with van der Waals surface area (Å²) in [6, 6.07) is 13.8. The molecule has 2 aromatic carbocycles. The number of nitrogens with zero attached hydrogens (tertiary/aromatic N) is 2. The maximum Gasteiger partial charge on any atom is 0.258 e. The van der Waals surface area contributed by atoms with Gasteiger partial charge in [-0.25, -0.2) is 0 Å². The molecule has 0 unspecified atom stereocenters. The summed E-state index contributed by atoms with van der Waals surface area (Å²) in [6.07, 6.45) is 2.75. The molecule has 5 rings (SSSR count). The third kappa shape index (κ3) is 5.81. The normalized spacial score (nSPS) is 18.9. The highest BCUT2D eigenvalue weighted by Crippen LogP contribution is 2.35. The topological polar surface area (TPSA) is 122 Å². The average molecular weight is 533 g/mol. The van der Waals surface area contributed by atoms with Crippen LogP contribution in [0, 0.1) is 5.92 Å². The van der Waals surface area contributed by atoms with Gasteiger partial charge in [0.15, 0.2) is 17.2 Å². The van der Waals surface area contributed by atoms with Crippen molar-refractivity contribution in [3.05, 3.63) is 77.6 Å². The van der Waals surface area contributed by atoms with Crippen LogP contribution in [0.2, 0.25) is 0 Å². The van der Waals surface area contributed by atoms with Gasteiger partial charge in [-0.05, 0) is 48.9 Å². The van der Waals surface area contributed by atoms with Gasteiger partial charge < -0.3 is 34.9 Å². The highest BCUT2D eigenvalue weighted by atomic mass is 16.7. The van der Waals surface area contributed by atoms with Crippen LogP contribution in [-0.4, -0.2) is 65.4 Å². The number of hydrogen-bond donors (Lipinski definition) is 3. The number of anilines is 1. The number of aromatic nitrogens is 1. The van der Waals surface area contributed by atoms with E-state index in [0.29, 0.717) is 42.2 Å². The van der Waals surface area contributed by atoms with Crippen molar-refractivity contribution in [1.82, 2.24) is 15.2 Å². The molecule has 0 bridgehead atoms. The molecule has 2 aliphatic rings. The van der Waals surface area contributed by atoms with E-state index < -0.39 is 0 Å². The van der Waals surface area contributed by atoms with E-state index in [1.165, 1.54) is 0 Å². The number of fused-ring (bicyclic) bond motifs is 2. The molecule has 0 radical (unpaired) electrons. The molecule has 2 amide bonds. The molecule has 204 valence electrons. The molecule has 0 saturated heterocycles. The number of ether oxygens (including phenoxy) is 3. The highest BCUT2D eigenvalue weighted by molar-refractivity contribution is 6.07. The number of carbonyl (C=O) groups is 2. The Kier molecular flexibility index (Phi) is 7.94. The van der Waals surface area contributed by atoms with Crippen LogP contribution in [-0.2, 0) is 6.54 Å². The van der Waals surface area contributed by atoms with Crippen molar-refractivity contribution < 1.29 is 28.9 Å². The number of pyridine rings is 1. The molecule has 0 fully saturated rings. The first-order valence-electron chi connectivity index (χ1n) is 13.0. The smallest absolute Gasteiger partial charge is 0.258 e. The molecular weight excluding hydrogens is 500 g/mol. The number of nitrogens with one attached hydrogen (secondary N) is 2. The molecule has 0 aliphatic carbocycles. The minimum atomic E-state index is -0.386. The predicted octanol–water partition coefficient (Wildman–Crippen LogP) is 3.07. The molecule has 39 heavy (non-hydrogen) atoms. The van der Waals surface area contributed by atoms with Crippen LogP contribution in [0.25, 0.3) is 0 Å². The lowest BCUT2D eigenvalue weighted by atomic mass is 9.99. The molecule has 3 N–H and O–H groups in total. The Morgan fingerprint density at radius 1 is 1.15 bits per heavy atom. The maximum absolute atomic E-state index is 13.6. The molecule has 1 aromatic heterocycles. The van der Waals surface area contributed by atoms with Crippen LogP contribution in [0.1, 0.15) is 40.1 Å². The van der Waals surface area contributed by atoms with Gasteiger partial charge in [-0.15, -0.1) is 0 Å². The molecule has 10 heteroatoms. The molecule has 10 nitrogen and oxygen atoms in total. The van der Waals surface area contributed by atoms with Crippen molar-refractivity contribution in [3.8, 4) is 17.2 Å². The Bertz CT molecular complexity index is 1330. The van der Waals surface area contributed by atoms with Gasteiger partial charge in [0.1, 0.15) is 6.10 Å². The summed E-state index contributed by atoms with van der Waals surface area (Å²) in [6.45, 7) is 5.35. The Hall–Kier alpha value is -4.15. The van der Waals surface area contributed by atoms with E-state index in [1.807, 2.05) is 32.0 Å². The zero-order valence-corrected chi connectivity index (χ0v) is 21.9.